The molecule has 1 unspecified atom stereocenters. The van der Waals surface area contributed by atoms with Crippen LogP contribution in [0.4, 0.5) is 5.95 Å². The molecule has 1 saturated heterocycles. The molecule has 0 spiro atoms. The van der Waals surface area contributed by atoms with Gasteiger partial charge >= 0.3 is 0 Å². The molecule has 3 N–H and O–H groups in total. The van der Waals surface area contributed by atoms with Crippen molar-refractivity contribution in [2.75, 3.05) is 24.5 Å². The van der Waals surface area contributed by atoms with Gasteiger partial charge in [-0.1, -0.05) is 29.3 Å². The van der Waals surface area contributed by atoms with Gasteiger partial charge in [0.15, 0.2) is 5.82 Å². The van der Waals surface area contributed by atoms with Crippen molar-refractivity contribution in [2.45, 2.75) is 12.8 Å². The van der Waals surface area contributed by atoms with Gasteiger partial charge in [0.25, 0.3) is 0 Å². The van der Waals surface area contributed by atoms with Crippen LogP contribution in [0.25, 0.3) is 11.4 Å². The minimum absolute atomic E-state index is 0.504. The molecule has 1 aromatic carbocycles. The fourth-order valence-corrected chi connectivity index (χ4v) is 3.25. The van der Waals surface area contributed by atoms with Gasteiger partial charge in [-0.2, -0.15) is 4.98 Å². The van der Waals surface area contributed by atoms with Crippen LogP contribution in [0.5, 0.6) is 0 Å². The predicted octanol–water partition coefficient (Wildman–Crippen LogP) is 2.95. The van der Waals surface area contributed by atoms with Gasteiger partial charge in [-0.15, -0.1) is 5.10 Å². The van der Waals surface area contributed by atoms with Gasteiger partial charge in [0.2, 0.25) is 5.95 Å². The van der Waals surface area contributed by atoms with E-state index in [2.05, 4.69) is 20.1 Å². The van der Waals surface area contributed by atoms with Gasteiger partial charge < -0.3 is 10.6 Å². The molecule has 2 heterocycles. The molecule has 21 heavy (non-hydrogen) atoms. The summed E-state index contributed by atoms with van der Waals surface area (Å²) in [5.74, 6) is 1.78. The summed E-state index contributed by atoms with van der Waals surface area (Å²) in [4.78, 5) is 6.70. The van der Waals surface area contributed by atoms with E-state index in [4.69, 9.17) is 28.9 Å². The Kier molecular flexibility index (Phi) is 4.33. The molecule has 0 bridgehead atoms. The lowest BCUT2D eigenvalue weighted by Gasteiger charge is -2.31. The zero-order chi connectivity index (χ0) is 14.8. The maximum Gasteiger partial charge on any atom is 0.245 e. The molecule has 112 valence electrons. The van der Waals surface area contributed by atoms with Gasteiger partial charge in [-0.3, -0.25) is 5.10 Å². The Bertz CT molecular complexity index is 607. The number of hydrogen-bond acceptors (Lipinski definition) is 4. The number of piperidine rings is 1. The van der Waals surface area contributed by atoms with E-state index in [0.717, 1.165) is 19.5 Å². The van der Waals surface area contributed by atoms with E-state index >= 15 is 0 Å². The highest BCUT2D eigenvalue weighted by molar-refractivity contribution is 6.38. The van der Waals surface area contributed by atoms with Crippen molar-refractivity contribution in [3.63, 3.8) is 0 Å². The first-order valence-corrected chi connectivity index (χ1v) is 7.76. The van der Waals surface area contributed by atoms with E-state index in [1.807, 2.05) is 6.07 Å². The van der Waals surface area contributed by atoms with Crippen LogP contribution in [0, 0.1) is 5.92 Å². The van der Waals surface area contributed by atoms with Crippen molar-refractivity contribution in [2.24, 2.45) is 11.7 Å². The highest BCUT2D eigenvalue weighted by atomic mass is 35.5. The van der Waals surface area contributed by atoms with Crippen LogP contribution in [0.3, 0.4) is 0 Å². The first-order chi connectivity index (χ1) is 10.2. The summed E-state index contributed by atoms with van der Waals surface area (Å²) >= 11 is 12.4. The van der Waals surface area contributed by atoms with Crippen molar-refractivity contribution in [1.82, 2.24) is 15.2 Å². The standard InChI is InChI=1S/C14H17Cl2N5/c15-10-4-1-5-11(16)12(10)13-18-14(20-19-13)21-6-2-3-9(7-17)8-21/h1,4-5,9H,2-3,6-8,17H2,(H,18,19,20). The lowest BCUT2D eigenvalue weighted by atomic mass is 9.99. The molecule has 2 aromatic rings. The Morgan fingerprint density at radius 3 is 2.81 bits per heavy atom. The van der Waals surface area contributed by atoms with Gasteiger partial charge in [0, 0.05) is 13.1 Å². The molecule has 1 atom stereocenters. The highest BCUT2D eigenvalue weighted by Gasteiger charge is 2.22. The summed E-state index contributed by atoms with van der Waals surface area (Å²) < 4.78 is 0. The summed E-state index contributed by atoms with van der Waals surface area (Å²) in [5, 5.41) is 8.35. The van der Waals surface area contributed by atoms with Gasteiger partial charge in [-0.05, 0) is 37.4 Å². The molecule has 7 heteroatoms. The Morgan fingerprint density at radius 1 is 1.33 bits per heavy atom. The van der Waals surface area contributed by atoms with Gasteiger partial charge in [0.1, 0.15) is 0 Å². The van der Waals surface area contributed by atoms with Crippen molar-refractivity contribution in [3.8, 4) is 11.4 Å². The average molecular weight is 326 g/mol. The molecule has 1 aromatic heterocycles. The number of aromatic nitrogens is 3. The average Bonchev–Trinajstić information content (AvgIpc) is 2.97. The number of H-pyrrole nitrogens is 1. The Morgan fingerprint density at radius 2 is 2.10 bits per heavy atom. The van der Waals surface area contributed by atoms with Crippen LogP contribution in [-0.2, 0) is 0 Å². The monoisotopic (exact) mass is 325 g/mol. The van der Waals surface area contributed by atoms with E-state index in [1.54, 1.807) is 12.1 Å². The third-order valence-corrected chi connectivity index (χ3v) is 4.44. The third-order valence-electron chi connectivity index (χ3n) is 3.81. The number of nitrogens with zero attached hydrogens (tertiary/aromatic N) is 3. The number of nitrogens with one attached hydrogen (secondary N) is 1. The van der Waals surface area contributed by atoms with Crippen LogP contribution in [-0.4, -0.2) is 34.8 Å². The molecule has 1 aliphatic heterocycles. The van der Waals surface area contributed by atoms with Crippen molar-refractivity contribution < 1.29 is 0 Å². The summed E-state index contributed by atoms with van der Waals surface area (Å²) in [6.07, 6.45) is 2.28. The summed E-state index contributed by atoms with van der Waals surface area (Å²) in [7, 11) is 0. The number of anilines is 1. The smallest absolute Gasteiger partial charge is 0.245 e. The van der Waals surface area contributed by atoms with E-state index in [9.17, 15) is 0 Å². The van der Waals surface area contributed by atoms with Crippen LogP contribution in [0.2, 0.25) is 10.0 Å². The van der Waals surface area contributed by atoms with Crippen LogP contribution in [0.15, 0.2) is 18.2 Å². The minimum atomic E-state index is 0.504. The summed E-state index contributed by atoms with van der Waals surface area (Å²) in [5.41, 5.74) is 6.46. The molecular weight excluding hydrogens is 309 g/mol. The summed E-state index contributed by atoms with van der Waals surface area (Å²) in [6, 6.07) is 5.38. The predicted molar refractivity (Wildman–Crippen MR) is 85.8 cm³/mol. The summed E-state index contributed by atoms with van der Waals surface area (Å²) in [6.45, 7) is 2.54. The quantitative estimate of drug-likeness (QED) is 0.910. The van der Waals surface area contributed by atoms with Crippen LogP contribution >= 0.6 is 23.2 Å². The number of aromatic amines is 1. The molecule has 0 saturated carbocycles. The van der Waals surface area contributed by atoms with E-state index in [-0.39, 0.29) is 0 Å². The molecule has 0 amide bonds. The van der Waals surface area contributed by atoms with E-state index in [1.165, 1.54) is 6.42 Å². The lowest BCUT2D eigenvalue weighted by molar-refractivity contribution is 0.420. The minimum Gasteiger partial charge on any atom is -0.339 e. The molecule has 5 nitrogen and oxygen atoms in total. The van der Waals surface area contributed by atoms with E-state index in [0.29, 0.717) is 39.8 Å². The largest absolute Gasteiger partial charge is 0.339 e. The number of rotatable bonds is 3. The maximum atomic E-state index is 6.20. The lowest BCUT2D eigenvalue weighted by Crippen LogP contribution is -2.38. The first kappa shape index (κ1) is 14.6. The second-order valence-electron chi connectivity index (χ2n) is 5.27. The van der Waals surface area contributed by atoms with Gasteiger partial charge in [-0.25, -0.2) is 0 Å². The number of benzene rings is 1. The van der Waals surface area contributed by atoms with Crippen LogP contribution in [0.1, 0.15) is 12.8 Å². The fraction of sp³-hybridized carbons (Fsp3) is 0.429. The van der Waals surface area contributed by atoms with Crippen molar-refractivity contribution in [3.05, 3.63) is 28.2 Å². The molecule has 3 rings (SSSR count). The third kappa shape index (κ3) is 3.00. The highest BCUT2D eigenvalue weighted by Crippen LogP contribution is 2.33. The van der Waals surface area contributed by atoms with Crippen LogP contribution < -0.4 is 10.6 Å². The van der Waals surface area contributed by atoms with Crippen molar-refractivity contribution in [1.29, 1.82) is 0 Å². The Labute approximate surface area is 133 Å². The molecule has 1 fully saturated rings. The number of halogens is 2. The zero-order valence-corrected chi connectivity index (χ0v) is 13.0. The number of nitrogens with two attached hydrogens (primary N) is 1. The molecule has 0 radical (unpaired) electrons. The second-order valence-corrected chi connectivity index (χ2v) is 6.09. The number of hydrogen-bond donors (Lipinski definition) is 2. The molecular formula is C14H17Cl2N5. The topological polar surface area (TPSA) is 70.8 Å². The Balaban J connectivity index is 1.86. The molecule has 0 aliphatic carbocycles. The van der Waals surface area contributed by atoms with Gasteiger partial charge in [0.05, 0.1) is 15.6 Å². The van der Waals surface area contributed by atoms with Crippen molar-refractivity contribution >= 4 is 29.2 Å². The SMILES string of the molecule is NCC1CCCN(c2n[nH]c(-c3c(Cl)cccc3Cl)n2)C1. The zero-order valence-electron chi connectivity index (χ0n) is 11.5. The van der Waals surface area contributed by atoms with E-state index < -0.39 is 0 Å². The second kappa shape index (κ2) is 6.22. The normalized spacial score (nSPS) is 19.0. The Hall–Kier alpha value is -1.30. The molecule has 1 aliphatic rings. The first-order valence-electron chi connectivity index (χ1n) is 7.01. The maximum absolute atomic E-state index is 6.20. The fourth-order valence-electron chi connectivity index (χ4n) is 2.67.